The predicted molar refractivity (Wildman–Crippen MR) is 143 cm³/mol. The third kappa shape index (κ3) is 8.21. The van der Waals surface area contributed by atoms with Gasteiger partial charge in [0.15, 0.2) is 5.11 Å². The van der Waals surface area contributed by atoms with E-state index in [4.69, 9.17) is 17.0 Å². The molecule has 4 N–H and O–H groups in total. The second-order valence-corrected chi connectivity index (χ2v) is 8.72. The fourth-order valence-corrected chi connectivity index (χ4v) is 3.15. The van der Waals surface area contributed by atoms with Crippen molar-refractivity contribution in [3.05, 3.63) is 95.6 Å². The van der Waals surface area contributed by atoms with Crippen molar-refractivity contribution in [3.8, 4) is 5.75 Å². The van der Waals surface area contributed by atoms with E-state index >= 15 is 0 Å². The highest BCUT2D eigenvalue weighted by Gasteiger charge is 2.11. The summed E-state index contributed by atoms with van der Waals surface area (Å²) in [6.07, 6.45) is 0.947. The molecular weight excluding hydrogens is 476 g/mol. The molecule has 0 bridgehead atoms. The van der Waals surface area contributed by atoms with E-state index in [1.807, 2.05) is 6.07 Å². The van der Waals surface area contributed by atoms with E-state index in [-0.39, 0.29) is 11.0 Å². The van der Waals surface area contributed by atoms with Gasteiger partial charge in [-0.3, -0.25) is 30.6 Å². The topological polar surface area (TPSA) is 109 Å². The number of nitrogens with one attached hydrogen (secondary N) is 4. The Kier molecular flexibility index (Phi) is 9.53. The van der Waals surface area contributed by atoms with Crippen LogP contribution in [0.15, 0.2) is 78.9 Å². The third-order valence-corrected chi connectivity index (χ3v) is 5.24. The van der Waals surface area contributed by atoms with Gasteiger partial charge >= 0.3 is 0 Å². The van der Waals surface area contributed by atoms with Gasteiger partial charge in [0.1, 0.15) is 5.75 Å². The van der Waals surface area contributed by atoms with Crippen LogP contribution in [0.25, 0.3) is 0 Å². The smallest absolute Gasteiger partial charge is 0.269 e. The molecule has 0 unspecified atom stereocenters. The minimum Gasteiger partial charge on any atom is -0.494 e. The molecule has 0 radical (unpaired) electrons. The third-order valence-electron chi connectivity index (χ3n) is 5.04. The van der Waals surface area contributed by atoms with Crippen molar-refractivity contribution in [2.24, 2.45) is 5.92 Å². The van der Waals surface area contributed by atoms with Gasteiger partial charge in [0.05, 0.1) is 6.61 Å². The molecule has 3 rings (SSSR count). The van der Waals surface area contributed by atoms with Gasteiger partial charge in [-0.25, -0.2) is 0 Å². The van der Waals surface area contributed by atoms with Crippen LogP contribution in [0.4, 0.5) is 5.69 Å². The summed E-state index contributed by atoms with van der Waals surface area (Å²) in [5.41, 5.74) is 6.75. The molecule has 8 nitrogen and oxygen atoms in total. The first-order valence-electron chi connectivity index (χ1n) is 11.4. The van der Waals surface area contributed by atoms with Crippen molar-refractivity contribution in [1.82, 2.24) is 16.2 Å². The van der Waals surface area contributed by atoms with Gasteiger partial charge in [-0.1, -0.05) is 32.0 Å². The molecule has 0 aromatic heterocycles. The Labute approximate surface area is 215 Å². The molecule has 186 valence electrons. The second kappa shape index (κ2) is 13.0. The molecule has 0 fully saturated rings. The fourth-order valence-electron chi connectivity index (χ4n) is 3.00. The number of thiocarbonyl (C=S) groups is 1. The lowest BCUT2D eigenvalue weighted by Gasteiger charge is -2.12. The molecule has 0 aliphatic rings. The number of rotatable bonds is 8. The molecule has 0 heterocycles. The van der Waals surface area contributed by atoms with Gasteiger partial charge in [0, 0.05) is 22.4 Å². The SMILES string of the molecule is CC(C)CCOc1ccc(C(=O)NC(=S)NNC(=O)c2ccc(NC(=O)c3ccccc3)cc2)cc1. The minimum absolute atomic E-state index is 0.0580. The molecule has 0 spiro atoms. The van der Waals surface area contributed by atoms with Gasteiger partial charge < -0.3 is 10.1 Å². The summed E-state index contributed by atoms with van der Waals surface area (Å²) in [5.74, 6) is 0.107. The highest BCUT2D eigenvalue weighted by Crippen LogP contribution is 2.14. The summed E-state index contributed by atoms with van der Waals surface area (Å²) >= 11 is 5.09. The van der Waals surface area contributed by atoms with Crippen molar-refractivity contribution >= 4 is 40.7 Å². The zero-order chi connectivity index (χ0) is 25.9. The number of ether oxygens (including phenoxy) is 1. The van der Waals surface area contributed by atoms with Gasteiger partial charge in [-0.15, -0.1) is 0 Å². The van der Waals surface area contributed by atoms with Crippen LogP contribution >= 0.6 is 12.2 Å². The molecule has 0 saturated carbocycles. The molecule has 3 amide bonds. The molecule has 3 aromatic rings. The van der Waals surface area contributed by atoms with Crippen LogP contribution in [0.1, 0.15) is 51.3 Å². The Morgan fingerprint density at radius 2 is 1.33 bits per heavy atom. The van der Waals surface area contributed by atoms with Crippen molar-refractivity contribution in [2.75, 3.05) is 11.9 Å². The van der Waals surface area contributed by atoms with E-state index in [2.05, 4.69) is 35.3 Å². The number of carbonyl (C=O) groups excluding carboxylic acids is 3. The average Bonchev–Trinajstić information content (AvgIpc) is 2.88. The zero-order valence-corrected chi connectivity index (χ0v) is 20.9. The summed E-state index contributed by atoms with van der Waals surface area (Å²) in [4.78, 5) is 37.0. The number of amides is 3. The number of anilines is 1. The van der Waals surface area contributed by atoms with E-state index in [9.17, 15) is 14.4 Å². The number of hydrazine groups is 1. The van der Waals surface area contributed by atoms with E-state index in [1.165, 1.54) is 0 Å². The van der Waals surface area contributed by atoms with Crippen molar-refractivity contribution in [3.63, 3.8) is 0 Å². The standard InChI is InChI=1S/C27H28N4O4S/c1-18(2)16-17-35-23-14-10-20(11-15-23)25(33)29-27(36)31-30-26(34)21-8-12-22(13-9-21)28-24(32)19-6-4-3-5-7-19/h3-15,18H,16-17H2,1-2H3,(H,28,32)(H,30,34)(H2,29,31,33,36). The lowest BCUT2D eigenvalue weighted by atomic mass is 10.1. The largest absolute Gasteiger partial charge is 0.494 e. The van der Waals surface area contributed by atoms with Gasteiger partial charge in [0.25, 0.3) is 17.7 Å². The minimum atomic E-state index is -0.463. The van der Waals surface area contributed by atoms with Crippen molar-refractivity contribution < 1.29 is 19.1 Å². The first-order valence-corrected chi connectivity index (χ1v) is 11.8. The summed E-state index contributed by atoms with van der Waals surface area (Å²) in [7, 11) is 0. The molecule has 36 heavy (non-hydrogen) atoms. The number of hydrogen-bond donors (Lipinski definition) is 4. The normalized spacial score (nSPS) is 10.3. The fraction of sp³-hybridized carbons (Fsp3) is 0.185. The summed E-state index contributed by atoms with van der Waals surface area (Å²) in [6.45, 7) is 4.86. The molecule has 0 saturated heterocycles. The first kappa shape index (κ1) is 26.4. The summed E-state index contributed by atoms with van der Waals surface area (Å²) in [5, 5.41) is 5.21. The summed E-state index contributed by atoms with van der Waals surface area (Å²) < 4.78 is 5.65. The summed E-state index contributed by atoms with van der Waals surface area (Å²) in [6, 6.07) is 21.9. The van der Waals surface area contributed by atoms with Gasteiger partial charge in [-0.05, 0) is 85.2 Å². The number of carbonyl (C=O) groups is 3. The van der Waals surface area contributed by atoms with Crippen molar-refractivity contribution in [2.45, 2.75) is 20.3 Å². The Morgan fingerprint density at radius 1 is 0.750 bits per heavy atom. The van der Waals surface area contributed by atoms with Gasteiger partial charge in [-0.2, -0.15) is 0 Å². The molecule has 9 heteroatoms. The highest BCUT2D eigenvalue weighted by molar-refractivity contribution is 7.80. The quantitative estimate of drug-likeness (QED) is 0.269. The zero-order valence-electron chi connectivity index (χ0n) is 20.0. The number of hydrogen-bond acceptors (Lipinski definition) is 5. The van der Waals surface area contributed by atoms with E-state index in [0.29, 0.717) is 40.7 Å². The molecule has 0 aliphatic carbocycles. The van der Waals surface area contributed by atoms with E-state index in [1.54, 1.807) is 72.8 Å². The van der Waals surface area contributed by atoms with Crippen LogP contribution in [0.3, 0.4) is 0 Å². The van der Waals surface area contributed by atoms with Crippen LogP contribution in [-0.2, 0) is 0 Å². The molecular formula is C27H28N4O4S. The van der Waals surface area contributed by atoms with Crippen molar-refractivity contribution in [1.29, 1.82) is 0 Å². The number of benzene rings is 3. The van der Waals surface area contributed by atoms with Crippen LogP contribution in [0.5, 0.6) is 5.75 Å². The van der Waals surface area contributed by atoms with E-state index < -0.39 is 11.8 Å². The van der Waals surface area contributed by atoms with Crippen LogP contribution in [-0.4, -0.2) is 29.4 Å². The monoisotopic (exact) mass is 504 g/mol. The molecule has 0 atom stereocenters. The molecule has 3 aromatic carbocycles. The lowest BCUT2D eigenvalue weighted by Crippen LogP contribution is -2.48. The van der Waals surface area contributed by atoms with Gasteiger partial charge in [0.2, 0.25) is 0 Å². The van der Waals surface area contributed by atoms with Crippen LogP contribution < -0.4 is 26.2 Å². The lowest BCUT2D eigenvalue weighted by molar-refractivity contribution is 0.0934. The van der Waals surface area contributed by atoms with Crippen LogP contribution in [0.2, 0.25) is 0 Å². The Bertz CT molecular complexity index is 1200. The Balaban J connectivity index is 1.43. The highest BCUT2D eigenvalue weighted by atomic mass is 32.1. The maximum Gasteiger partial charge on any atom is 0.269 e. The Hall–Kier alpha value is -4.24. The Morgan fingerprint density at radius 3 is 1.97 bits per heavy atom. The molecule has 0 aliphatic heterocycles. The average molecular weight is 505 g/mol. The second-order valence-electron chi connectivity index (χ2n) is 8.32. The van der Waals surface area contributed by atoms with E-state index in [0.717, 1.165) is 6.42 Å². The maximum absolute atomic E-state index is 12.4. The predicted octanol–water partition coefficient (Wildman–Crippen LogP) is 4.31. The maximum atomic E-state index is 12.4. The van der Waals surface area contributed by atoms with Crippen LogP contribution in [0, 0.1) is 5.92 Å². The first-order chi connectivity index (χ1) is 17.3.